The summed E-state index contributed by atoms with van der Waals surface area (Å²) < 4.78 is 0. The highest BCUT2D eigenvalue weighted by atomic mass is 16.3. The summed E-state index contributed by atoms with van der Waals surface area (Å²) in [6.45, 7) is 5.03. The molecule has 17 heavy (non-hydrogen) atoms. The predicted molar refractivity (Wildman–Crippen MR) is 73.9 cm³/mol. The number of hydrogen-bond donors (Lipinski definition) is 2. The summed E-state index contributed by atoms with van der Waals surface area (Å²) in [7, 11) is 0. The largest absolute Gasteiger partial charge is 0.392 e. The lowest BCUT2D eigenvalue weighted by atomic mass is 9.68. The highest BCUT2D eigenvalue weighted by Gasteiger charge is 2.38. The third kappa shape index (κ3) is 3.96. The zero-order valence-electron chi connectivity index (χ0n) is 11.8. The fourth-order valence-corrected chi connectivity index (χ4v) is 3.45. The molecule has 0 amide bonds. The minimum absolute atomic E-state index is 0.00894. The van der Waals surface area contributed by atoms with Gasteiger partial charge in [0.1, 0.15) is 0 Å². The number of nitrogens with two attached hydrogens (primary N) is 1. The summed E-state index contributed by atoms with van der Waals surface area (Å²) in [5.74, 6) is 0.392. The Morgan fingerprint density at radius 1 is 1.12 bits per heavy atom. The number of aliphatic hydroxyl groups is 1. The van der Waals surface area contributed by atoms with Crippen LogP contribution in [0.2, 0.25) is 0 Å². The van der Waals surface area contributed by atoms with Crippen molar-refractivity contribution in [1.82, 2.24) is 0 Å². The van der Waals surface area contributed by atoms with Gasteiger partial charge in [0.15, 0.2) is 0 Å². The van der Waals surface area contributed by atoms with Gasteiger partial charge in [-0.2, -0.15) is 0 Å². The van der Waals surface area contributed by atoms with Crippen molar-refractivity contribution in [3.63, 3.8) is 0 Å². The molecule has 1 fully saturated rings. The van der Waals surface area contributed by atoms with Crippen LogP contribution in [0.5, 0.6) is 0 Å². The van der Waals surface area contributed by atoms with Crippen molar-refractivity contribution in [2.24, 2.45) is 17.1 Å². The van der Waals surface area contributed by atoms with E-state index < -0.39 is 0 Å². The summed E-state index contributed by atoms with van der Waals surface area (Å²) in [4.78, 5) is 0. The number of hydrogen-bond acceptors (Lipinski definition) is 2. The van der Waals surface area contributed by atoms with Crippen LogP contribution in [0.3, 0.4) is 0 Å². The zero-order valence-corrected chi connectivity index (χ0v) is 11.8. The Morgan fingerprint density at radius 3 is 2.12 bits per heavy atom. The molecule has 2 nitrogen and oxygen atoms in total. The molecular weight excluding hydrogens is 210 g/mol. The van der Waals surface area contributed by atoms with E-state index in [-0.39, 0.29) is 11.5 Å². The topological polar surface area (TPSA) is 46.2 Å². The fourth-order valence-electron chi connectivity index (χ4n) is 3.45. The second-order valence-corrected chi connectivity index (χ2v) is 6.05. The molecule has 0 radical (unpaired) electrons. The lowest BCUT2D eigenvalue weighted by Crippen LogP contribution is -2.45. The minimum atomic E-state index is -0.203. The summed E-state index contributed by atoms with van der Waals surface area (Å²) in [5.41, 5.74) is 6.04. The quantitative estimate of drug-likeness (QED) is 0.774. The van der Waals surface area contributed by atoms with Crippen LogP contribution in [0.15, 0.2) is 0 Å². The first-order valence-electron chi connectivity index (χ1n) is 7.54. The molecule has 1 saturated carbocycles. The summed E-state index contributed by atoms with van der Waals surface area (Å²) in [6.07, 6.45) is 10.8. The van der Waals surface area contributed by atoms with Crippen LogP contribution in [0.25, 0.3) is 0 Å². The highest BCUT2D eigenvalue weighted by Crippen LogP contribution is 2.39. The molecular formula is C15H31NO. The molecule has 0 aromatic carbocycles. The Labute approximate surface area is 107 Å². The van der Waals surface area contributed by atoms with Gasteiger partial charge in [-0.05, 0) is 25.2 Å². The van der Waals surface area contributed by atoms with Crippen LogP contribution < -0.4 is 5.73 Å². The van der Waals surface area contributed by atoms with Crippen LogP contribution in [0.4, 0.5) is 0 Å². The van der Waals surface area contributed by atoms with Crippen LogP contribution in [-0.4, -0.2) is 17.8 Å². The van der Waals surface area contributed by atoms with Crippen LogP contribution in [-0.2, 0) is 0 Å². The maximum Gasteiger partial charge on any atom is 0.0633 e. The second kappa shape index (κ2) is 7.38. The molecule has 3 N–H and O–H groups in total. The third-order valence-corrected chi connectivity index (χ3v) is 4.67. The Bertz CT molecular complexity index is 197. The molecule has 2 heteroatoms. The van der Waals surface area contributed by atoms with Crippen molar-refractivity contribution < 1.29 is 5.11 Å². The standard InChI is InChI=1S/C15H31NO/c1-3-9-13(2)14(17)15(12-16)10-7-5-4-6-8-11-15/h13-14,17H,3-12,16H2,1-2H3. The van der Waals surface area contributed by atoms with E-state index in [1.165, 1.54) is 32.1 Å². The van der Waals surface area contributed by atoms with Crippen LogP contribution >= 0.6 is 0 Å². The van der Waals surface area contributed by atoms with Crippen molar-refractivity contribution >= 4 is 0 Å². The van der Waals surface area contributed by atoms with Gasteiger partial charge in [0.25, 0.3) is 0 Å². The van der Waals surface area contributed by atoms with Gasteiger partial charge in [-0.1, -0.05) is 52.4 Å². The van der Waals surface area contributed by atoms with E-state index in [1.54, 1.807) is 0 Å². The third-order valence-electron chi connectivity index (χ3n) is 4.67. The zero-order chi connectivity index (χ0) is 12.7. The lowest BCUT2D eigenvalue weighted by molar-refractivity contribution is -0.0280. The molecule has 2 atom stereocenters. The normalized spacial score (nSPS) is 24.7. The molecule has 1 aliphatic carbocycles. The Morgan fingerprint density at radius 2 is 1.65 bits per heavy atom. The lowest BCUT2D eigenvalue weighted by Gasteiger charge is -2.41. The van der Waals surface area contributed by atoms with Crippen LogP contribution in [0.1, 0.15) is 71.6 Å². The summed E-state index contributed by atoms with van der Waals surface area (Å²) in [6, 6.07) is 0. The molecule has 0 heterocycles. The van der Waals surface area contributed by atoms with Crippen molar-refractivity contribution in [2.75, 3.05) is 6.54 Å². The van der Waals surface area contributed by atoms with Gasteiger partial charge in [0.05, 0.1) is 6.10 Å². The maximum atomic E-state index is 10.7. The van der Waals surface area contributed by atoms with E-state index in [0.29, 0.717) is 12.5 Å². The molecule has 1 aliphatic rings. The SMILES string of the molecule is CCCC(C)C(O)C1(CN)CCCCCCC1. The van der Waals surface area contributed by atoms with E-state index in [4.69, 9.17) is 5.73 Å². The van der Waals surface area contributed by atoms with Crippen molar-refractivity contribution in [3.8, 4) is 0 Å². The van der Waals surface area contributed by atoms with Crippen LogP contribution in [0, 0.1) is 11.3 Å². The van der Waals surface area contributed by atoms with Crippen molar-refractivity contribution in [1.29, 1.82) is 0 Å². The Hall–Kier alpha value is -0.0800. The molecule has 0 spiro atoms. The average molecular weight is 241 g/mol. The Kier molecular flexibility index (Phi) is 6.50. The molecule has 0 aromatic heterocycles. The van der Waals surface area contributed by atoms with Gasteiger partial charge in [-0.25, -0.2) is 0 Å². The van der Waals surface area contributed by atoms with E-state index >= 15 is 0 Å². The Balaban J connectivity index is 2.68. The van der Waals surface area contributed by atoms with Gasteiger partial charge in [-0.3, -0.25) is 0 Å². The first kappa shape index (κ1) is 15.0. The fraction of sp³-hybridized carbons (Fsp3) is 1.00. The van der Waals surface area contributed by atoms with E-state index in [2.05, 4.69) is 13.8 Å². The summed E-state index contributed by atoms with van der Waals surface area (Å²) in [5, 5.41) is 10.7. The van der Waals surface area contributed by atoms with Gasteiger partial charge < -0.3 is 10.8 Å². The number of rotatable bonds is 5. The van der Waals surface area contributed by atoms with E-state index in [0.717, 1.165) is 25.7 Å². The van der Waals surface area contributed by atoms with E-state index in [9.17, 15) is 5.11 Å². The molecule has 0 aromatic rings. The molecule has 2 unspecified atom stereocenters. The monoisotopic (exact) mass is 241 g/mol. The minimum Gasteiger partial charge on any atom is -0.392 e. The smallest absolute Gasteiger partial charge is 0.0633 e. The first-order chi connectivity index (χ1) is 8.16. The molecule has 1 rings (SSSR count). The maximum absolute atomic E-state index is 10.7. The van der Waals surface area contributed by atoms with E-state index in [1.807, 2.05) is 0 Å². The highest BCUT2D eigenvalue weighted by molar-refractivity contribution is 4.90. The van der Waals surface area contributed by atoms with Crippen molar-refractivity contribution in [3.05, 3.63) is 0 Å². The number of aliphatic hydroxyl groups excluding tert-OH is 1. The molecule has 0 bridgehead atoms. The van der Waals surface area contributed by atoms with Gasteiger partial charge in [-0.15, -0.1) is 0 Å². The molecule has 0 saturated heterocycles. The van der Waals surface area contributed by atoms with Gasteiger partial charge in [0.2, 0.25) is 0 Å². The molecule has 102 valence electrons. The van der Waals surface area contributed by atoms with Crippen molar-refractivity contribution in [2.45, 2.75) is 77.7 Å². The molecule has 0 aliphatic heterocycles. The van der Waals surface area contributed by atoms with Gasteiger partial charge >= 0.3 is 0 Å². The summed E-state index contributed by atoms with van der Waals surface area (Å²) >= 11 is 0. The van der Waals surface area contributed by atoms with Gasteiger partial charge in [0, 0.05) is 12.0 Å². The second-order valence-electron chi connectivity index (χ2n) is 6.05. The first-order valence-corrected chi connectivity index (χ1v) is 7.54. The predicted octanol–water partition coefficient (Wildman–Crippen LogP) is 3.47. The average Bonchev–Trinajstić information content (AvgIpc) is 2.29.